The maximum atomic E-state index is 8.80. The summed E-state index contributed by atoms with van der Waals surface area (Å²) in [5.74, 6) is 0. The van der Waals surface area contributed by atoms with Gasteiger partial charge in [0.2, 0.25) is 0 Å². The number of benzene rings is 1. The van der Waals surface area contributed by atoms with Crippen molar-refractivity contribution >= 4 is 23.4 Å². The highest BCUT2D eigenvalue weighted by atomic mass is 35.5. The second kappa shape index (κ2) is 4.75. The van der Waals surface area contributed by atoms with Gasteiger partial charge in [0.25, 0.3) is 0 Å². The zero-order valence-electron chi connectivity index (χ0n) is 6.88. The highest BCUT2D eigenvalue weighted by molar-refractivity contribution is 7.98. The Morgan fingerprint density at radius 2 is 2.25 bits per heavy atom. The first kappa shape index (κ1) is 9.90. The van der Waals surface area contributed by atoms with Gasteiger partial charge < -0.3 is 5.11 Å². The largest absolute Gasteiger partial charge is 0.396 e. The molecule has 1 aromatic rings. The van der Waals surface area contributed by atoms with Crippen LogP contribution >= 0.6 is 23.4 Å². The molecule has 0 aliphatic heterocycles. The molecular formula is C9H11ClOS. The third-order valence-corrected chi connectivity index (χ3v) is 2.83. The van der Waals surface area contributed by atoms with Crippen molar-refractivity contribution in [3.05, 3.63) is 28.8 Å². The van der Waals surface area contributed by atoms with Gasteiger partial charge in [-0.15, -0.1) is 11.8 Å². The van der Waals surface area contributed by atoms with Crippen LogP contribution in [0.2, 0.25) is 5.02 Å². The van der Waals surface area contributed by atoms with E-state index in [9.17, 15) is 0 Å². The standard InChI is InChI=1S/C9H11ClOS/c1-12-9-4-2-3-8(10)7(9)5-6-11/h2-4,11H,5-6H2,1H3. The number of hydrogen-bond acceptors (Lipinski definition) is 2. The minimum Gasteiger partial charge on any atom is -0.396 e. The van der Waals surface area contributed by atoms with Crippen molar-refractivity contribution in [3.8, 4) is 0 Å². The van der Waals surface area contributed by atoms with Gasteiger partial charge in [0.05, 0.1) is 0 Å². The zero-order valence-corrected chi connectivity index (χ0v) is 8.45. The van der Waals surface area contributed by atoms with Crippen LogP contribution in [0.4, 0.5) is 0 Å². The Morgan fingerprint density at radius 1 is 1.50 bits per heavy atom. The van der Waals surface area contributed by atoms with Crippen LogP contribution in [0.25, 0.3) is 0 Å². The fourth-order valence-corrected chi connectivity index (χ4v) is 2.08. The Bertz CT molecular complexity index is 263. The Kier molecular flexibility index (Phi) is 3.92. The molecule has 0 saturated carbocycles. The minimum absolute atomic E-state index is 0.150. The first-order valence-corrected chi connectivity index (χ1v) is 5.32. The van der Waals surface area contributed by atoms with Gasteiger partial charge in [-0.1, -0.05) is 17.7 Å². The van der Waals surface area contributed by atoms with Crippen LogP contribution in [0.1, 0.15) is 5.56 Å². The molecule has 0 saturated heterocycles. The van der Waals surface area contributed by atoms with Gasteiger partial charge in [0.1, 0.15) is 0 Å². The number of halogens is 1. The number of thioether (sulfide) groups is 1. The molecule has 0 bridgehead atoms. The van der Waals surface area contributed by atoms with Gasteiger partial charge in [-0.25, -0.2) is 0 Å². The molecule has 0 atom stereocenters. The summed E-state index contributed by atoms with van der Waals surface area (Å²) in [6.45, 7) is 0.150. The van der Waals surface area contributed by atoms with E-state index in [2.05, 4.69) is 0 Å². The second-order valence-electron chi connectivity index (χ2n) is 2.39. The van der Waals surface area contributed by atoms with Gasteiger partial charge in [0.15, 0.2) is 0 Å². The van der Waals surface area contributed by atoms with Gasteiger partial charge in [-0.3, -0.25) is 0 Å². The lowest BCUT2D eigenvalue weighted by molar-refractivity contribution is 0.299. The fraction of sp³-hybridized carbons (Fsp3) is 0.333. The zero-order chi connectivity index (χ0) is 8.97. The van der Waals surface area contributed by atoms with Crippen molar-refractivity contribution in [1.82, 2.24) is 0 Å². The summed E-state index contributed by atoms with van der Waals surface area (Å²) < 4.78 is 0. The number of aliphatic hydroxyl groups excluding tert-OH is 1. The minimum atomic E-state index is 0.150. The Hall–Kier alpha value is -0.180. The molecule has 0 spiro atoms. The monoisotopic (exact) mass is 202 g/mol. The highest BCUT2D eigenvalue weighted by Crippen LogP contribution is 2.26. The van der Waals surface area contributed by atoms with E-state index in [1.807, 2.05) is 24.5 Å². The topological polar surface area (TPSA) is 20.2 Å². The van der Waals surface area contributed by atoms with Crippen LogP contribution in [-0.2, 0) is 6.42 Å². The molecule has 1 N–H and O–H groups in total. The summed E-state index contributed by atoms with van der Waals surface area (Å²) in [5, 5.41) is 9.54. The second-order valence-corrected chi connectivity index (χ2v) is 3.65. The molecule has 0 aliphatic carbocycles. The lowest BCUT2D eigenvalue weighted by Gasteiger charge is -2.06. The lowest BCUT2D eigenvalue weighted by atomic mass is 10.1. The Labute approximate surface area is 81.7 Å². The van der Waals surface area contributed by atoms with E-state index in [0.717, 1.165) is 15.5 Å². The van der Waals surface area contributed by atoms with Crippen molar-refractivity contribution in [3.63, 3.8) is 0 Å². The molecular weight excluding hydrogens is 192 g/mol. The van der Waals surface area contributed by atoms with Gasteiger partial charge >= 0.3 is 0 Å². The molecule has 0 aliphatic rings. The lowest BCUT2D eigenvalue weighted by Crippen LogP contribution is -1.93. The Morgan fingerprint density at radius 3 is 2.83 bits per heavy atom. The SMILES string of the molecule is CSc1cccc(Cl)c1CCO. The van der Waals surface area contributed by atoms with Crippen LogP contribution in [0, 0.1) is 0 Å². The van der Waals surface area contributed by atoms with E-state index in [0.29, 0.717) is 6.42 Å². The average Bonchev–Trinajstić information content (AvgIpc) is 2.09. The molecule has 0 amide bonds. The molecule has 12 heavy (non-hydrogen) atoms. The summed E-state index contributed by atoms with van der Waals surface area (Å²) in [5.41, 5.74) is 1.05. The molecule has 0 heterocycles. The fourth-order valence-electron chi connectivity index (χ4n) is 1.08. The van der Waals surface area contributed by atoms with Crippen molar-refractivity contribution in [2.75, 3.05) is 12.9 Å². The van der Waals surface area contributed by atoms with Crippen LogP contribution in [0.3, 0.4) is 0 Å². The molecule has 0 fully saturated rings. The first-order valence-electron chi connectivity index (χ1n) is 3.72. The first-order chi connectivity index (χ1) is 5.79. The normalized spacial score (nSPS) is 10.2. The molecule has 1 nitrogen and oxygen atoms in total. The van der Waals surface area contributed by atoms with E-state index in [1.54, 1.807) is 11.8 Å². The van der Waals surface area contributed by atoms with Crippen LogP contribution in [0.15, 0.2) is 23.1 Å². The summed E-state index contributed by atoms with van der Waals surface area (Å²) >= 11 is 7.62. The maximum absolute atomic E-state index is 8.80. The van der Waals surface area contributed by atoms with Crippen molar-refractivity contribution < 1.29 is 5.11 Å². The molecule has 0 unspecified atom stereocenters. The summed E-state index contributed by atoms with van der Waals surface area (Å²) in [7, 11) is 0. The average molecular weight is 203 g/mol. The highest BCUT2D eigenvalue weighted by Gasteiger charge is 2.04. The van der Waals surface area contributed by atoms with Crippen molar-refractivity contribution in [1.29, 1.82) is 0 Å². The summed E-state index contributed by atoms with van der Waals surface area (Å²) in [6, 6.07) is 5.79. The van der Waals surface area contributed by atoms with E-state index in [-0.39, 0.29) is 6.61 Å². The van der Waals surface area contributed by atoms with Crippen LogP contribution < -0.4 is 0 Å². The predicted octanol–water partition coefficient (Wildman–Crippen LogP) is 2.60. The van der Waals surface area contributed by atoms with Crippen molar-refractivity contribution in [2.45, 2.75) is 11.3 Å². The quantitative estimate of drug-likeness (QED) is 0.761. The number of rotatable bonds is 3. The molecule has 0 radical (unpaired) electrons. The van der Waals surface area contributed by atoms with Gasteiger partial charge in [0, 0.05) is 16.5 Å². The van der Waals surface area contributed by atoms with Gasteiger partial charge in [-0.2, -0.15) is 0 Å². The predicted molar refractivity (Wildman–Crippen MR) is 54.0 cm³/mol. The third kappa shape index (κ3) is 2.16. The van der Waals surface area contributed by atoms with Crippen LogP contribution in [0.5, 0.6) is 0 Å². The Balaban J connectivity index is 3.02. The van der Waals surface area contributed by atoms with Crippen molar-refractivity contribution in [2.24, 2.45) is 0 Å². The summed E-state index contributed by atoms with van der Waals surface area (Å²) in [4.78, 5) is 1.15. The van der Waals surface area contributed by atoms with E-state index in [4.69, 9.17) is 16.7 Å². The van der Waals surface area contributed by atoms with Crippen LogP contribution in [-0.4, -0.2) is 18.0 Å². The molecule has 1 aromatic carbocycles. The molecule has 0 aromatic heterocycles. The number of hydrogen-bond donors (Lipinski definition) is 1. The maximum Gasteiger partial charge on any atom is 0.0472 e. The molecule has 1 rings (SSSR count). The van der Waals surface area contributed by atoms with E-state index in [1.165, 1.54) is 0 Å². The van der Waals surface area contributed by atoms with E-state index < -0.39 is 0 Å². The van der Waals surface area contributed by atoms with Gasteiger partial charge in [-0.05, 0) is 30.4 Å². The van der Waals surface area contributed by atoms with E-state index >= 15 is 0 Å². The summed E-state index contributed by atoms with van der Waals surface area (Å²) in [6.07, 6.45) is 2.64. The smallest absolute Gasteiger partial charge is 0.0472 e. The molecule has 3 heteroatoms. The third-order valence-electron chi connectivity index (χ3n) is 1.66. The molecule has 66 valence electrons. The number of aliphatic hydroxyl groups is 1.